The fraction of sp³-hybridized carbons (Fsp3) is 0.150. The molecule has 1 aromatic heterocycles. The number of para-hydroxylation sites is 1. The van der Waals surface area contributed by atoms with Crippen molar-refractivity contribution in [3.63, 3.8) is 0 Å². The number of hydrogen-bond acceptors (Lipinski definition) is 3. The van der Waals surface area contributed by atoms with Crippen LogP contribution in [0.2, 0.25) is 0 Å². The van der Waals surface area contributed by atoms with E-state index in [9.17, 15) is 4.79 Å². The standard InChI is InChI=1S/C20H18BrNO3/c1-13-5-3-6-14(2)19(13)22-20(23)18-10-9-17(25-18)12-24-16-8-4-7-15(21)11-16/h3-11H,12H2,1-2H3,(H,22,23). The molecule has 0 atom stereocenters. The van der Waals surface area contributed by atoms with E-state index in [1.165, 1.54) is 0 Å². The summed E-state index contributed by atoms with van der Waals surface area (Å²) in [6.07, 6.45) is 0. The lowest BCUT2D eigenvalue weighted by Gasteiger charge is -2.10. The number of hydrogen-bond donors (Lipinski definition) is 1. The van der Waals surface area contributed by atoms with E-state index in [0.29, 0.717) is 5.76 Å². The van der Waals surface area contributed by atoms with Crippen molar-refractivity contribution >= 4 is 27.5 Å². The van der Waals surface area contributed by atoms with Crippen LogP contribution in [0.4, 0.5) is 5.69 Å². The van der Waals surface area contributed by atoms with Gasteiger partial charge in [-0.25, -0.2) is 0 Å². The average Bonchev–Trinajstić information content (AvgIpc) is 3.05. The zero-order valence-electron chi connectivity index (χ0n) is 14.0. The fourth-order valence-corrected chi connectivity index (χ4v) is 2.85. The summed E-state index contributed by atoms with van der Waals surface area (Å²) in [5.74, 6) is 1.31. The third-order valence-electron chi connectivity index (χ3n) is 3.78. The molecule has 1 amide bonds. The lowest BCUT2D eigenvalue weighted by Crippen LogP contribution is -2.13. The summed E-state index contributed by atoms with van der Waals surface area (Å²) in [6.45, 7) is 4.18. The van der Waals surface area contributed by atoms with Crippen molar-refractivity contribution in [3.05, 3.63) is 81.7 Å². The largest absolute Gasteiger partial charge is 0.486 e. The minimum absolute atomic E-state index is 0.257. The Morgan fingerprint density at radius 3 is 2.52 bits per heavy atom. The van der Waals surface area contributed by atoms with Crippen molar-refractivity contribution in [2.75, 3.05) is 5.32 Å². The Morgan fingerprint density at radius 2 is 1.80 bits per heavy atom. The Balaban J connectivity index is 1.65. The number of carbonyl (C=O) groups is 1. The molecule has 0 spiro atoms. The van der Waals surface area contributed by atoms with Crippen molar-refractivity contribution < 1.29 is 13.9 Å². The van der Waals surface area contributed by atoms with Crippen molar-refractivity contribution in [3.8, 4) is 5.75 Å². The predicted octanol–water partition coefficient (Wildman–Crippen LogP) is 5.49. The molecule has 0 aliphatic rings. The third-order valence-corrected chi connectivity index (χ3v) is 4.28. The molecule has 0 unspecified atom stereocenters. The number of carbonyl (C=O) groups excluding carboxylic acids is 1. The van der Waals surface area contributed by atoms with Crippen molar-refractivity contribution in [1.29, 1.82) is 0 Å². The first-order chi connectivity index (χ1) is 12.0. The molecule has 5 heteroatoms. The van der Waals surface area contributed by atoms with Crippen LogP contribution < -0.4 is 10.1 Å². The molecule has 0 aliphatic carbocycles. The van der Waals surface area contributed by atoms with Crippen molar-refractivity contribution in [1.82, 2.24) is 0 Å². The van der Waals surface area contributed by atoms with Crippen LogP contribution in [-0.2, 0) is 6.61 Å². The topological polar surface area (TPSA) is 51.5 Å². The van der Waals surface area contributed by atoms with Crippen LogP contribution in [0, 0.1) is 13.8 Å². The second-order valence-corrected chi connectivity index (χ2v) is 6.65. The molecule has 2 aromatic carbocycles. The highest BCUT2D eigenvalue weighted by Crippen LogP contribution is 2.22. The van der Waals surface area contributed by atoms with Gasteiger partial charge in [-0.05, 0) is 55.3 Å². The van der Waals surface area contributed by atoms with Gasteiger partial charge in [-0.2, -0.15) is 0 Å². The molecule has 1 N–H and O–H groups in total. The molecule has 3 aromatic rings. The molecule has 0 fully saturated rings. The van der Waals surface area contributed by atoms with Crippen LogP contribution in [0.15, 0.2) is 63.5 Å². The van der Waals surface area contributed by atoms with E-state index < -0.39 is 0 Å². The first-order valence-electron chi connectivity index (χ1n) is 7.87. The zero-order chi connectivity index (χ0) is 17.8. The molecule has 0 saturated carbocycles. The lowest BCUT2D eigenvalue weighted by atomic mass is 10.1. The van der Waals surface area contributed by atoms with Crippen LogP contribution in [0.3, 0.4) is 0 Å². The van der Waals surface area contributed by atoms with E-state index in [0.717, 1.165) is 27.0 Å². The van der Waals surface area contributed by atoms with Gasteiger partial charge in [0.15, 0.2) is 5.76 Å². The quantitative estimate of drug-likeness (QED) is 0.616. The number of ether oxygens (including phenoxy) is 1. The number of aryl methyl sites for hydroxylation is 2. The van der Waals surface area contributed by atoms with E-state index in [4.69, 9.17) is 9.15 Å². The summed E-state index contributed by atoms with van der Waals surface area (Å²) in [5, 5.41) is 2.91. The number of anilines is 1. The van der Waals surface area contributed by atoms with E-state index in [-0.39, 0.29) is 18.3 Å². The summed E-state index contributed by atoms with van der Waals surface area (Å²) in [4.78, 5) is 12.4. The van der Waals surface area contributed by atoms with Crippen LogP contribution in [-0.4, -0.2) is 5.91 Å². The van der Waals surface area contributed by atoms with Gasteiger partial charge in [0.25, 0.3) is 5.91 Å². The molecule has 0 bridgehead atoms. The summed E-state index contributed by atoms with van der Waals surface area (Å²) in [5.41, 5.74) is 2.84. The normalized spacial score (nSPS) is 10.5. The Morgan fingerprint density at radius 1 is 1.08 bits per heavy atom. The highest BCUT2D eigenvalue weighted by molar-refractivity contribution is 9.10. The molecule has 0 saturated heterocycles. The monoisotopic (exact) mass is 399 g/mol. The number of halogens is 1. The molecule has 0 aliphatic heterocycles. The summed E-state index contributed by atoms with van der Waals surface area (Å²) in [7, 11) is 0. The minimum atomic E-state index is -0.272. The zero-order valence-corrected chi connectivity index (χ0v) is 15.6. The SMILES string of the molecule is Cc1cccc(C)c1NC(=O)c1ccc(COc2cccc(Br)c2)o1. The van der Waals surface area contributed by atoms with Crippen molar-refractivity contribution in [2.45, 2.75) is 20.5 Å². The maximum Gasteiger partial charge on any atom is 0.291 e. The number of benzene rings is 2. The molecular weight excluding hydrogens is 382 g/mol. The van der Waals surface area contributed by atoms with Crippen LogP contribution in [0.5, 0.6) is 5.75 Å². The van der Waals surface area contributed by atoms with Crippen LogP contribution >= 0.6 is 15.9 Å². The molecule has 1 heterocycles. The Kier molecular flexibility index (Phi) is 5.24. The average molecular weight is 400 g/mol. The molecule has 128 valence electrons. The number of nitrogens with one attached hydrogen (secondary N) is 1. The summed E-state index contributed by atoms with van der Waals surface area (Å²) in [6, 6.07) is 16.8. The van der Waals surface area contributed by atoms with Gasteiger partial charge in [0, 0.05) is 10.2 Å². The Hall–Kier alpha value is -2.53. The van der Waals surface area contributed by atoms with Gasteiger partial charge in [-0.3, -0.25) is 4.79 Å². The first kappa shape index (κ1) is 17.3. The van der Waals surface area contributed by atoms with E-state index >= 15 is 0 Å². The summed E-state index contributed by atoms with van der Waals surface area (Å²) < 4.78 is 12.2. The first-order valence-corrected chi connectivity index (χ1v) is 8.67. The summed E-state index contributed by atoms with van der Waals surface area (Å²) >= 11 is 3.40. The lowest BCUT2D eigenvalue weighted by molar-refractivity contribution is 0.0992. The van der Waals surface area contributed by atoms with Gasteiger partial charge in [-0.15, -0.1) is 0 Å². The van der Waals surface area contributed by atoms with E-state index in [2.05, 4.69) is 21.2 Å². The maximum atomic E-state index is 12.4. The third kappa shape index (κ3) is 4.31. The second kappa shape index (κ2) is 7.57. The van der Waals surface area contributed by atoms with Crippen LogP contribution in [0.1, 0.15) is 27.4 Å². The van der Waals surface area contributed by atoms with E-state index in [1.807, 2.05) is 56.3 Å². The second-order valence-electron chi connectivity index (χ2n) is 5.73. The molecule has 4 nitrogen and oxygen atoms in total. The maximum absolute atomic E-state index is 12.4. The molecule has 0 radical (unpaired) electrons. The Labute approximate surface area is 154 Å². The van der Waals surface area contributed by atoms with Crippen LogP contribution in [0.25, 0.3) is 0 Å². The number of furan rings is 1. The fourth-order valence-electron chi connectivity index (χ4n) is 2.48. The Bertz CT molecular complexity index is 881. The highest BCUT2D eigenvalue weighted by Gasteiger charge is 2.14. The van der Waals surface area contributed by atoms with E-state index in [1.54, 1.807) is 12.1 Å². The number of amides is 1. The smallest absolute Gasteiger partial charge is 0.291 e. The number of rotatable bonds is 5. The molecule has 3 rings (SSSR count). The van der Waals surface area contributed by atoms with Gasteiger partial charge >= 0.3 is 0 Å². The van der Waals surface area contributed by atoms with Gasteiger partial charge in [0.05, 0.1) is 0 Å². The van der Waals surface area contributed by atoms with Gasteiger partial charge in [-0.1, -0.05) is 40.2 Å². The predicted molar refractivity (Wildman–Crippen MR) is 101 cm³/mol. The minimum Gasteiger partial charge on any atom is -0.486 e. The van der Waals surface area contributed by atoms with Gasteiger partial charge < -0.3 is 14.5 Å². The molecule has 25 heavy (non-hydrogen) atoms. The van der Waals surface area contributed by atoms with Gasteiger partial charge in [0.2, 0.25) is 0 Å². The van der Waals surface area contributed by atoms with Crippen molar-refractivity contribution in [2.24, 2.45) is 0 Å². The highest BCUT2D eigenvalue weighted by atomic mass is 79.9. The van der Waals surface area contributed by atoms with Gasteiger partial charge in [0.1, 0.15) is 18.1 Å². The molecular formula is C20H18BrNO3.